The predicted octanol–water partition coefficient (Wildman–Crippen LogP) is 0.478. The number of hydrogen-bond acceptors (Lipinski definition) is 4. The minimum absolute atomic E-state index is 0.0411. The fraction of sp³-hybridized carbons (Fsp3) is 0.474. The molecule has 0 aliphatic carbocycles. The Hall–Kier alpha value is -2.90. The second-order valence-corrected chi connectivity index (χ2v) is 7.29. The summed E-state index contributed by atoms with van der Waals surface area (Å²) in [5.41, 5.74) is 0.569. The molecule has 2 amide bonds. The van der Waals surface area contributed by atoms with Gasteiger partial charge in [0.05, 0.1) is 11.6 Å². The van der Waals surface area contributed by atoms with Crippen molar-refractivity contribution in [2.24, 2.45) is 11.8 Å². The van der Waals surface area contributed by atoms with Crippen molar-refractivity contribution in [3.8, 4) is 5.69 Å². The van der Waals surface area contributed by atoms with Crippen LogP contribution in [-0.2, 0) is 16.0 Å². The maximum absolute atomic E-state index is 12.5. The summed E-state index contributed by atoms with van der Waals surface area (Å²) >= 11 is 0. The van der Waals surface area contributed by atoms with E-state index >= 15 is 0 Å². The Morgan fingerprint density at radius 2 is 1.89 bits per heavy atom. The van der Waals surface area contributed by atoms with E-state index in [4.69, 9.17) is 0 Å². The van der Waals surface area contributed by atoms with Gasteiger partial charge in [0.1, 0.15) is 5.82 Å². The van der Waals surface area contributed by atoms with Crippen LogP contribution in [0.1, 0.15) is 25.1 Å². The molecule has 0 radical (unpaired) electrons. The molecule has 8 heteroatoms. The second kappa shape index (κ2) is 7.38. The number of nitrogens with one attached hydrogen (secondary N) is 2. The Morgan fingerprint density at radius 1 is 1.15 bits per heavy atom. The molecule has 1 aromatic carbocycles. The van der Waals surface area contributed by atoms with E-state index in [1.54, 1.807) is 4.57 Å². The van der Waals surface area contributed by atoms with Gasteiger partial charge in [-0.15, -0.1) is 0 Å². The lowest BCUT2D eigenvalue weighted by molar-refractivity contribution is -0.137. The molecule has 142 valence electrons. The average Bonchev–Trinajstić information content (AvgIpc) is 3.28. The first-order chi connectivity index (χ1) is 13.1. The van der Waals surface area contributed by atoms with Gasteiger partial charge in [-0.3, -0.25) is 9.59 Å². The molecular weight excluding hydrogens is 346 g/mol. The molecule has 8 nitrogen and oxygen atoms in total. The highest BCUT2D eigenvalue weighted by Crippen LogP contribution is 2.24. The third-order valence-electron chi connectivity index (χ3n) is 5.48. The number of amides is 2. The number of aromatic nitrogens is 3. The highest BCUT2D eigenvalue weighted by molar-refractivity contribution is 5.89. The maximum Gasteiger partial charge on any atom is 0.347 e. The zero-order valence-electron chi connectivity index (χ0n) is 15.1. The topological polar surface area (TPSA) is 100 Å². The van der Waals surface area contributed by atoms with Crippen molar-refractivity contribution in [1.29, 1.82) is 0 Å². The number of rotatable bonds is 4. The van der Waals surface area contributed by atoms with Crippen molar-refractivity contribution in [1.82, 2.24) is 25.0 Å². The Labute approximate surface area is 156 Å². The molecule has 4 rings (SSSR count). The number of piperidine rings is 1. The van der Waals surface area contributed by atoms with Crippen molar-refractivity contribution < 1.29 is 9.59 Å². The van der Waals surface area contributed by atoms with Gasteiger partial charge in [-0.25, -0.2) is 14.5 Å². The number of aromatic amines is 1. The van der Waals surface area contributed by atoms with E-state index in [1.165, 1.54) is 0 Å². The molecule has 3 heterocycles. The summed E-state index contributed by atoms with van der Waals surface area (Å²) in [5.74, 6) is 0.911. The molecule has 0 bridgehead atoms. The van der Waals surface area contributed by atoms with E-state index in [0.29, 0.717) is 38.4 Å². The number of carbonyl (C=O) groups is 2. The second-order valence-electron chi connectivity index (χ2n) is 7.29. The third kappa shape index (κ3) is 3.65. The summed E-state index contributed by atoms with van der Waals surface area (Å²) in [6, 6.07) is 9.47. The number of nitrogens with zero attached hydrogens (tertiary/aromatic N) is 3. The average molecular weight is 369 g/mol. The Morgan fingerprint density at radius 3 is 2.56 bits per heavy atom. The van der Waals surface area contributed by atoms with Crippen molar-refractivity contribution in [2.75, 3.05) is 19.6 Å². The summed E-state index contributed by atoms with van der Waals surface area (Å²) < 4.78 is 1.62. The van der Waals surface area contributed by atoms with Crippen molar-refractivity contribution >= 4 is 11.8 Å². The van der Waals surface area contributed by atoms with Crippen LogP contribution in [0.4, 0.5) is 0 Å². The first-order valence-corrected chi connectivity index (χ1v) is 9.39. The Balaban J connectivity index is 1.38. The number of benzene rings is 1. The lowest BCUT2D eigenvalue weighted by Crippen LogP contribution is -2.42. The minimum atomic E-state index is -0.234. The maximum atomic E-state index is 12.5. The normalized spacial score (nSPS) is 20.7. The standard InChI is InChI=1S/C19H23N5O3/c25-17-11-14(12-20-17)18(26)23-8-6-13(7-9-23)10-16-21-22-19(27)24(16)15-4-2-1-3-5-15/h1-5,13-14H,6-12H2,(H,20,25)(H,22,27). The number of H-pyrrole nitrogens is 1. The smallest absolute Gasteiger partial charge is 0.347 e. The van der Waals surface area contributed by atoms with Gasteiger partial charge in [0, 0.05) is 32.5 Å². The first kappa shape index (κ1) is 17.5. The number of para-hydroxylation sites is 1. The van der Waals surface area contributed by atoms with E-state index < -0.39 is 0 Å². The van der Waals surface area contributed by atoms with Gasteiger partial charge in [-0.05, 0) is 30.9 Å². The molecule has 2 fully saturated rings. The van der Waals surface area contributed by atoms with Crippen LogP contribution in [0, 0.1) is 11.8 Å². The molecule has 2 aliphatic rings. The van der Waals surface area contributed by atoms with Gasteiger partial charge in [0.15, 0.2) is 0 Å². The van der Waals surface area contributed by atoms with Gasteiger partial charge in [0.25, 0.3) is 0 Å². The van der Waals surface area contributed by atoms with Crippen LogP contribution in [0.5, 0.6) is 0 Å². The van der Waals surface area contributed by atoms with Gasteiger partial charge in [-0.2, -0.15) is 5.10 Å². The molecule has 0 spiro atoms. The lowest BCUT2D eigenvalue weighted by Gasteiger charge is -2.33. The zero-order chi connectivity index (χ0) is 18.8. The highest BCUT2D eigenvalue weighted by atomic mass is 16.2. The van der Waals surface area contributed by atoms with Crippen LogP contribution >= 0.6 is 0 Å². The van der Waals surface area contributed by atoms with Gasteiger partial charge >= 0.3 is 5.69 Å². The highest BCUT2D eigenvalue weighted by Gasteiger charge is 2.33. The van der Waals surface area contributed by atoms with Crippen LogP contribution in [0.3, 0.4) is 0 Å². The quantitative estimate of drug-likeness (QED) is 0.819. The summed E-state index contributed by atoms with van der Waals surface area (Å²) in [7, 11) is 0. The monoisotopic (exact) mass is 369 g/mol. The molecule has 1 aromatic heterocycles. The molecule has 27 heavy (non-hydrogen) atoms. The molecule has 2 saturated heterocycles. The van der Waals surface area contributed by atoms with Crippen molar-refractivity contribution in [2.45, 2.75) is 25.7 Å². The van der Waals surface area contributed by atoms with Gasteiger partial charge in [-0.1, -0.05) is 18.2 Å². The largest absolute Gasteiger partial charge is 0.355 e. The fourth-order valence-electron chi connectivity index (χ4n) is 3.96. The lowest BCUT2D eigenvalue weighted by atomic mass is 9.92. The third-order valence-corrected chi connectivity index (χ3v) is 5.48. The Kier molecular flexibility index (Phi) is 4.79. The van der Waals surface area contributed by atoms with Crippen LogP contribution in [0.25, 0.3) is 5.69 Å². The molecule has 2 N–H and O–H groups in total. The van der Waals surface area contributed by atoms with Gasteiger partial charge < -0.3 is 10.2 Å². The summed E-state index contributed by atoms with van der Waals surface area (Å²) in [6.45, 7) is 1.83. The van der Waals surface area contributed by atoms with E-state index in [1.807, 2.05) is 35.2 Å². The van der Waals surface area contributed by atoms with Crippen LogP contribution in [0.2, 0.25) is 0 Å². The molecule has 2 aliphatic heterocycles. The molecule has 0 saturated carbocycles. The Bertz CT molecular complexity index is 880. The van der Waals surface area contributed by atoms with Crippen LogP contribution in [-0.4, -0.2) is 51.1 Å². The van der Waals surface area contributed by atoms with E-state index in [9.17, 15) is 14.4 Å². The number of hydrogen-bond donors (Lipinski definition) is 2. The fourth-order valence-corrected chi connectivity index (χ4v) is 3.96. The minimum Gasteiger partial charge on any atom is -0.355 e. The molecule has 1 atom stereocenters. The molecule has 2 aromatic rings. The first-order valence-electron chi connectivity index (χ1n) is 9.39. The van der Waals surface area contributed by atoms with E-state index in [2.05, 4.69) is 15.5 Å². The van der Waals surface area contributed by atoms with Crippen LogP contribution < -0.4 is 11.0 Å². The number of likely N-dealkylation sites (tertiary alicyclic amines) is 1. The predicted molar refractivity (Wildman–Crippen MR) is 98.3 cm³/mol. The van der Waals surface area contributed by atoms with Crippen LogP contribution in [0.15, 0.2) is 35.1 Å². The molecular formula is C19H23N5O3. The zero-order valence-corrected chi connectivity index (χ0v) is 15.1. The van der Waals surface area contributed by atoms with Crippen molar-refractivity contribution in [3.05, 3.63) is 46.6 Å². The van der Waals surface area contributed by atoms with E-state index in [-0.39, 0.29) is 23.4 Å². The van der Waals surface area contributed by atoms with Gasteiger partial charge in [0.2, 0.25) is 11.8 Å². The summed E-state index contributed by atoms with van der Waals surface area (Å²) in [5, 5.41) is 9.48. The summed E-state index contributed by atoms with van der Waals surface area (Å²) in [4.78, 5) is 37.9. The SMILES string of the molecule is O=C1CC(C(=O)N2CCC(Cc3n[nH]c(=O)n3-c3ccccc3)CC2)CN1. The van der Waals surface area contributed by atoms with E-state index in [0.717, 1.165) is 24.4 Å². The number of carbonyl (C=O) groups excluding carboxylic acids is 2. The van der Waals surface area contributed by atoms with Crippen molar-refractivity contribution in [3.63, 3.8) is 0 Å². The molecule has 1 unspecified atom stereocenters. The summed E-state index contributed by atoms with van der Waals surface area (Å²) in [6.07, 6.45) is 2.74.